The first-order chi connectivity index (χ1) is 15.1. The maximum atomic E-state index is 12.6. The van der Waals surface area contributed by atoms with E-state index in [1.165, 1.54) is 0 Å². The highest BCUT2D eigenvalue weighted by molar-refractivity contribution is 5.78. The standard InChI is InChI=1S/C22H29N5O4/c1-17-14-20(24-22(23-17)27-10-12-30-13-11-27)25-6-8-26(9-7-25)21(28)16-31-19-5-3-4-18(15-19)29-2/h3-5,14-15H,6-13,16H2,1-2H3. The van der Waals surface area contributed by atoms with Gasteiger partial charge in [0.15, 0.2) is 6.61 Å². The molecule has 2 fully saturated rings. The van der Waals surface area contributed by atoms with Crippen molar-refractivity contribution in [1.82, 2.24) is 14.9 Å². The molecule has 166 valence electrons. The Balaban J connectivity index is 1.32. The van der Waals surface area contributed by atoms with Crippen molar-refractivity contribution in [2.24, 2.45) is 0 Å². The van der Waals surface area contributed by atoms with Gasteiger partial charge in [-0.25, -0.2) is 4.98 Å². The number of aryl methyl sites for hydroxylation is 1. The lowest BCUT2D eigenvalue weighted by Crippen LogP contribution is -2.50. The molecule has 1 aromatic heterocycles. The molecule has 1 amide bonds. The number of benzene rings is 1. The molecule has 0 saturated carbocycles. The van der Waals surface area contributed by atoms with Crippen LogP contribution in [0.4, 0.5) is 11.8 Å². The van der Waals surface area contributed by atoms with Gasteiger partial charge >= 0.3 is 0 Å². The van der Waals surface area contributed by atoms with E-state index in [-0.39, 0.29) is 12.5 Å². The number of hydrogen-bond acceptors (Lipinski definition) is 8. The fourth-order valence-corrected chi connectivity index (χ4v) is 3.72. The molecule has 0 spiro atoms. The van der Waals surface area contributed by atoms with Gasteiger partial charge < -0.3 is 28.9 Å². The number of aromatic nitrogens is 2. The van der Waals surface area contributed by atoms with Crippen molar-refractivity contribution >= 4 is 17.7 Å². The van der Waals surface area contributed by atoms with E-state index in [4.69, 9.17) is 19.2 Å². The van der Waals surface area contributed by atoms with Crippen LogP contribution in [0.1, 0.15) is 5.69 Å². The van der Waals surface area contributed by atoms with Crippen LogP contribution in [0.25, 0.3) is 0 Å². The van der Waals surface area contributed by atoms with E-state index in [1.54, 1.807) is 13.2 Å². The number of amides is 1. The van der Waals surface area contributed by atoms with Gasteiger partial charge in [0.2, 0.25) is 5.95 Å². The number of piperazine rings is 1. The summed E-state index contributed by atoms with van der Waals surface area (Å²) in [6.07, 6.45) is 0. The van der Waals surface area contributed by atoms with Crippen molar-refractivity contribution in [2.75, 3.05) is 76.0 Å². The monoisotopic (exact) mass is 427 g/mol. The van der Waals surface area contributed by atoms with Gasteiger partial charge in [0.1, 0.15) is 17.3 Å². The van der Waals surface area contributed by atoms with Crippen LogP contribution in [0.3, 0.4) is 0 Å². The molecule has 2 aliphatic rings. The minimum atomic E-state index is -0.0182. The summed E-state index contributed by atoms with van der Waals surface area (Å²) in [6, 6.07) is 9.28. The second kappa shape index (κ2) is 9.82. The topological polar surface area (TPSA) is 80.3 Å². The summed E-state index contributed by atoms with van der Waals surface area (Å²) in [5.41, 5.74) is 0.941. The van der Waals surface area contributed by atoms with Gasteiger partial charge in [-0.2, -0.15) is 4.98 Å². The molecule has 0 atom stereocenters. The summed E-state index contributed by atoms with van der Waals surface area (Å²) in [4.78, 5) is 28.2. The molecule has 0 bridgehead atoms. The van der Waals surface area contributed by atoms with Crippen molar-refractivity contribution in [2.45, 2.75) is 6.92 Å². The third kappa shape index (κ3) is 5.35. The maximum Gasteiger partial charge on any atom is 0.260 e. The zero-order valence-electron chi connectivity index (χ0n) is 18.1. The van der Waals surface area contributed by atoms with Gasteiger partial charge in [0.05, 0.1) is 20.3 Å². The lowest BCUT2D eigenvalue weighted by molar-refractivity contribution is -0.133. The third-order valence-corrected chi connectivity index (χ3v) is 5.48. The molecule has 31 heavy (non-hydrogen) atoms. The van der Waals surface area contributed by atoms with E-state index in [1.807, 2.05) is 36.1 Å². The molecule has 9 nitrogen and oxygen atoms in total. The molecule has 1 aromatic carbocycles. The van der Waals surface area contributed by atoms with Crippen molar-refractivity contribution in [3.05, 3.63) is 36.0 Å². The Labute approximate surface area is 182 Å². The summed E-state index contributed by atoms with van der Waals surface area (Å²) in [5, 5.41) is 0. The van der Waals surface area contributed by atoms with E-state index < -0.39 is 0 Å². The molecule has 2 saturated heterocycles. The quantitative estimate of drug-likeness (QED) is 0.684. The zero-order valence-corrected chi connectivity index (χ0v) is 18.1. The Morgan fingerprint density at radius 3 is 2.48 bits per heavy atom. The van der Waals surface area contributed by atoms with Crippen LogP contribution in [0.2, 0.25) is 0 Å². The van der Waals surface area contributed by atoms with Gasteiger partial charge in [-0.1, -0.05) is 6.07 Å². The predicted molar refractivity (Wildman–Crippen MR) is 117 cm³/mol. The second-order valence-electron chi connectivity index (χ2n) is 7.60. The molecule has 4 rings (SSSR count). The summed E-state index contributed by atoms with van der Waals surface area (Å²) >= 11 is 0. The first-order valence-corrected chi connectivity index (χ1v) is 10.6. The number of anilines is 2. The number of morpholine rings is 1. The minimum absolute atomic E-state index is 0.0148. The lowest BCUT2D eigenvalue weighted by atomic mass is 10.3. The average molecular weight is 428 g/mol. The number of carbonyl (C=O) groups excluding carboxylic acids is 1. The number of nitrogens with zero attached hydrogens (tertiary/aromatic N) is 5. The van der Waals surface area contributed by atoms with Gasteiger partial charge in [-0.05, 0) is 19.1 Å². The lowest BCUT2D eigenvalue weighted by Gasteiger charge is -2.36. The van der Waals surface area contributed by atoms with Crippen LogP contribution in [-0.4, -0.2) is 87.0 Å². The molecular weight excluding hydrogens is 398 g/mol. The van der Waals surface area contributed by atoms with Crippen molar-refractivity contribution < 1.29 is 19.0 Å². The zero-order chi connectivity index (χ0) is 21.6. The largest absolute Gasteiger partial charge is 0.497 e. The Morgan fingerprint density at radius 1 is 1.00 bits per heavy atom. The van der Waals surface area contributed by atoms with Crippen LogP contribution in [0, 0.1) is 6.92 Å². The van der Waals surface area contributed by atoms with E-state index in [0.717, 1.165) is 43.6 Å². The number of methoxy groups -OCH3 is 1. The van der Waals surface area contributed by atoms with Crippen LogP contribution in [-0.2, 0) is 9.53 Å². The molecule has 9 heteroatoms. The maximum absolute atomic E-state index is 12.6. The van der Waals surface area contributed by atoms with Gasteiger partial charge in [0, 0.05) is 57.1 Å². The fourth-order valence-electron chi connectivity index (χ4n) is 3.72. The smallest absolute Gasteiger partial charge is 0.260 e. The van der Waals surface area contributed by atoms with Gasteiger partial charge in [-0.15, -0.1) is 0 Å². The SMILES string of the molecule is COc1cccc(OCC(=O)N2CCN(c3cc(C)nc(N4CCOCC4)n3)CC2)c1. The van der Waals surface area contributed by atoms with Gasteiger partial charge in [-0.3, -0.25) is 4.79 Å². The van der Waals surface area contributed by atoms with Crippen LogP contribution >= 0.6 is 0 Å². The Hall–Kier alpha value is -3.07. The Morgan fingerprint density at radius 2 is 1.74 bits per heavy atom. The molecule has 2 aromatic rings. The molecule has 0 radical (unpaired) electrons. The summed E-state index contributed by atoms with van der Waals surface area (Å²) in [5.74, 6) is 2.97. The average Bonchev–Trinajstić information content (AvgIpc) is 2.83. The van der Waals surface area contributed by atoms with Crippen molar-refractivity contribution in [3.63, 3.8) is 0 Å². The minimum Gasteiger partial charge on any atom is -0.497 e. The number of rotatable bonds is 6. The molecule has 0 unspecified atom stereocenters. The van der Waals surface area contributed by atoms with E-state index in [0.29, 0.717) is 37.8 Å². The first kappa shape index (κ1) is 21.2. The fraction of sp³-hybridized carbons (Fsp3) is 0.500. The molecular formula is C22H29N5O4. The Kier molecular flexibility index (Phi) is 6.71. The number of ether oxygens (including phenoxy) is 3. The summed E-state index contributed by atoms with van der Waals surface area (Å²) in [7, 11) is 1.60. The summed E-state index contributed by atoms with van der Waals surface area (Å²) in [6.45, 7) is 7.74. The molecule has 0 N–H and O–H groups in total. The van der Waals surface area contributed by atoms with Crippen molar-refractivity contribution in [1.29, 1.82) is 0 Å². The van der Waals surface area contributed by atoms with E-state index in [9.17, 15) is 4.79 Å². The van der Waals surface area contributed by atoms with Crippen molar-refractivity contribution in [3.8, 4) is 11.5 Å². The Bertz CT molecular complexity index is 895. The third-order valence-electron chi connectivity index (χ3n) is 5.48. The summed E-state index contributed by atoms with van der Waals surface area (Å²) < 4.78 is 16.3. The highest BCUT2D eigenvalue weighted by atomic mass is 16.5. The molecule has 2 aliphatic heterocycles. The van der Waals surface area contributed by atoms with Crippen LogP contribution < -0.4 is 19.3 Å². The molecule has 0 aliphatic carbocycles. The normalized spacial score (nSPS) is 16.9. The van der Waals surface area contributed by atoms with E-state index >= 15 is 0 Å². The first-order valence-electron chi connectivity index (χ1n) is 10.6. The van der Waals surface area contributed by atoms with Crippen LogP contribution in [0.5, 0.6) is 11.5 Å². The van der Waals surface area contributed by atoms with Gasteiger partial charge in [0.25, 0.3) is 5.91 Å². The highest BCUT2D eigenvalue weighted by Crippen LogP contribution is 2.21. The number of hydrogen-bond donors (Lipinski definition) is 0. The highest BCUT2D eigenvalue weighted by Gasteiger charge is 2.24. The van der Waals surface area contributed by atoms with Crippen LogP contribution in [0.15, 0.2) is 30.3 Å². The van der Waals surface area contributed by atoms with E-state index in [2.05, 4.69) is 14.8 Å². The molecule has 3 heterocycles. The number of carbonyl (C=O) groups is 1. The predicted octanol–water partition coefficient (Wildman–Crippen LogP) is 1.36. The second-order valence-corrected chi connectivity index (χ2v) is 7.60.